The number of carbonyl (C=O) groups is 1. The Hall–Kier alpha value is -3.05. The van der Waals surface area contributed by atoms with Gasteiger partial charge in [-0.05, 0) is 55.0 Å². The molecule has 0 aliphatic rings. The van der Waals surface area contributed by atoms with Gasteiger partial charge >= 0.3 is 0 Å². The highest BCUT2D eigenvalue weighted by atomic mass is 16.5. The van der Waals surface area contributed by atoms with Gasteiger partial charge in [0, 0.05) is 11.3 Å². The number of aliphatic hydroxyl groups excluding tert-OH is 1. The highest BCUT2D eigenvalue weighted by molar-refractivity contribution is 5.92. The number of para-hydroxylation sites is 1. The third kappa shape index (κ3) is 4.28. The summed E-state index contributed by atoms with van der Waals surface area (Å²) in [5, 5.41) is 11.9. The fourth-order valence-corrected chi connectivity index (χ4v) is 2.49. The molecule has 3 rings (SSSR count). The number of amides is 1. The average Bonchev–Trinajstić information content (AvgIpc) is 3.10. The van der Waals surface area contributed by atoms with E-state index in [2.05, 4.69) is 5.32 Å². The van der Waals surface area contributed by atoms with Crippen molar-refractivity contribution in [2.45, 2.75) is 13.5 Å². The molecule has 0 aliphatic heterocycles. The Labute approximate surface area is 145 Å². The first kappa shape index (κ1) is 16.8. The predicted octanol–water partition coefficient (Wildman–Crippen LogP) is 3.76. The van der Waals surface area contributed by atoms with Crippen molar-refractivity contribution in [3.05, 3.63) is 72.0 Å². The van der Waals surface area contributed by atoms with Crippen LogP contribution in [0, 0.1) is 6.92 Å². The maximum absolute atomic E-state index is 12.0. The van der Waals surface area contributed by atoms with Crippen molar-refractivity contribution in [1.82, 2.24) is 0 Å². The lowest BCUT2D eigenvalue weighted by Gasteiger charge is -2.10. The molecule has 0 atom stereocenters. The van der Waals surface area contributed by atoms with Crippen LogP contribution in [0.3, 0.4) is 0 Å². The van der Waals surface area contributed by atoms with Crippen molar-refractivity contribution < 1.29 is 19.1 Å². The molecule has 25 heavy (non-hydrogen) atoms. The highest BCUT2D eigenvalue weighted by Gasteiger charge is 2.09. The third-order valence-corrected chi connectivity index (χ3v) is 3.71. The summed E-state index contributed by atoms with van der Waals surface area (Å²) < 4.78 is 11.0. The Bertz CT molecular complexity index is 855. The van der Waals surface area contributed by atoms with E-state index in [0.29, 0.717) is 23.0 Å². The maximum Gasteiger partial charge on any atom is 0.262 e. The molecule has 0 fully saturated rings. The first-order valence-corrected chi connectivity index (χ1v) is 7.94. The van der Waals surface area contributed by atoms with Gasteiger partial charge in [0.2, 0.25) is 0 Å². The van der Waals surface area contributed by atoms with Crippen LogP contribution in [0.1, 0.15) is 11.3 Å². The SMILES string of the molecule is Cc1cc(NC(=O)COc2ccccc2)ccc1-c1ccc(CO)o1. The maximum atomic E-state index is 12.0. The van der Waals surface area contributed by atoms with E-state index in [4.69, 9.17) is 14.3 Å². The van der Waals surface area contributed by atoms with Crippen molar-refractivity contribution in [3.63, 3.8) is 0 Å². The summed E-state index contributed by atoms with van der Waals surface area (Å²) in [7, 11) is 0. The molecule has 1 heterocycles. The predicted molar refractivity (Wildman–Crippen MR) is 95.4 cm³/mol. The van der Waals surface area contributed by atoms with Gasteiger partial charge in [0.1, 0.15) is 23.9 Å². The van der Waals surface area contributed by atoms with E-state index in [-0.39, 0.29) is 19.1 Å². The summed E-state index contributed by atoms with van der Waals surface area (Å²) in [6.07, 6.45) is 0. The van der Waals surface area contributed by atoms with E-state index in [0.717, 1.165) is 11.1 Å². The minimum Gasteiger partial charge on any atom is -0.484 e. The van der Waals surface area contributed by atoms with Crippen LogP contribution in [0.5, 0.6) is 5.75 Å². The van der Waals surface area contributed by atoms with E-state index in [9.17, 15) is 4.79 Å². The summed E-state index contributed by atoms with van der Waals surface area (Å²) in [5.74, 6) is 1.63. The molecule has 0 saturated carbocycles. The molecule has 0 unspecified atom stereocenters. The molecule has 1 amide bonds. The van der Waals surface area contributed by atoms with Crippen LogP contribution < -0.4 is 10.1 Å². The van der Waals surface area contributed by atoms with Gasteiger partial charge in [0.05, 0.1) is 0 Å². The van der Waals surface area contributed by atoms with Crippen molar-refractivity contribution in [2.75, 3.05) is 11.9 Å². The standard InChI is InChI=1S/C20H19NO4/c1-14-11-15(7-9-18(14)19-10-8-17(12-22)25-19)21-20(23)13-24-16-5-3-2-4-6-16/h2-11,22H,12-13H2,1H3,(H,21,23). The number of ether oxygens (including phenoxy) is 1. The third-order valence-electron chi connectivity index (χ3n) is 3.71. The van der Waals surface area contributed by atoms with Crippen LogP contribution in [0.4, 0.5) is 5.69 Å². The summed E-state index contributed by atoms with van der Waals surface area (Å²) in [6.45, 7) is 1.75. The zero-order valence-corrected chi connectivity index (χ0v) is 13.9. The van der Waals surface area contributed by atoms with Gasteiger partial charge in [0.15, 0.2) is 6.61 Å². The summed E-state index contributed by atoms with van der Waals surface area (Å²) in [6, 6.07) is 18.3. The van der Waals surface area contributed by atoms with Gasteiger partial charge in [-0.2, -0.15) is 0 Å². The number of anilines is 1. The normalized spacial score (nSPS) is 10.5. The lowest BCUT2D eigenvalue weighted by molar-refractivity contribution is -0.118. The van der Waals surface area contributed by atoms with Gasteiger partial charge in [0.25, 0.3) is 5.91 Å². The smallest absolute Gasteiger partial charge is 0.262 e. The van der Waals surface area contributed by atoms with E-state index >= 15 is 0 Å². The van der Waals surface area contributed by atoms with Gasteiger partial charge < -0.3 is 19.6 Å². The molecule has 0 spiro atoms. The van der Waals surface area contributed by atoms with E-state index < -0.39 is 0 Å². The Morgan fingerprint density at radius 2 is 1.92 bits per heavy atom. The molecule has 3 aromatic rings. The second kappa shape index (κ2) is 7.68. The van der Waals surface area contributed by atoms with E-state index in [1.54, 1.807) is 18.2 Å². The van der Waals surface area contributed by atoms with E-state index in [1.807, 2.05) is 49.4 Å². The van der Waals surface area contributed by atoms with Gasteiger partial charge in [-0.1, -0.05) is 18.2 Å². The zero-order chi connectivity index (χ0) is 17.6. The molecule has 128 valence electrons. The molecule has 0 aliphatic carbocycles. The lowest BCUT2D eigenvalue weighted by Crippen LogP contribution is -2.20. The molecular formula is C20H19NO4. The van der Waals surface area contributed by atoms with Crippen LogP contribution in [0.25, 0.3) is 11.3 Å². The number of carbonyl (C=O) groups excluding carboxylic acids is 1. The monoisotopic (exact) mass is 337 g/mol. The summed E-state index contributed by atoms with van der Waals surface area (Å²) in [4.78, 5) is 12.0. The number of rotatable bonds is 6. The molecule has 2 aromatic carbocycles. The first-order chi connectivity index (χ1) is 12.2. The topological polar surface area (TPSA) is 71.7 Å². The second-order valence-corrected chi connectivity index (χ2v) is 5.60. The van der Waals surface area contributed by atoms with Crippen molar-refractivity contribution in [2.24, 2.45) is 0 Å². The highest BCUT2D eigenvalue weighted by Crippen LogP contribution is 2.27. The van der Waals surface area contributed by atoms with Gasteiger partial charge in [-0.15, -0.1) is 0 Å². The van der Waals surface area contributed by atoms with E-state index in [1.165, 1.54) is 0 Å². The molecule has 0 radical (unpaired) electrons. The van der Waals surface area contributed by atoms with Crippen molar-refractivity contribution in [3.8, 4) is 17.1 Å². The number of hydrogen-bond donors (Lipinski definition) is 2. The van der Waals surface area contributed by atoms with Crippen LogP contribution in [-0.4, -0.2) is 17.6 Å². The fourth-order valence-electron chi connectivity index (χ4n) is 2.49. The molecular weight excluding hydrogens is 318 g/mol. The number of furan rings is 1. The molecule has 0 bridgehead atoms. The fraction of sp³-hybridized carbons (Fsp3) is 0.150. The van der Waals surface area contributed by atoms with Crippen molar-refractivity contribution in [1.29, 1.82) is 0 Å². The van der Waals surface area contributed by atoms with Crippen LogP contribution in [0.2, 0.25) is 0 Å². The molecule has 5 heteroatoms. The Morgan fingerprint density at radius 1 is 1.12 bits per heavy atom. The van der Waals surface area contributed by atoms with Crippen LogP contribution in [-0.2, 0) is 11.4 Å². The quantitative estimate of drug-likeness (QED) is 0.718. The molecule has 0 saturated heterocycles. The zero-order valence-electron chi connectivity index (χ0n) is 13.9. The Balaban J connectivity index is 1.63. The Kier molecular flexibility index (Phi) is 5.16. The number of aryl methyl sites for hydroxylation is 1. The number of aliphatic hydroxyl groups is 1. The lowest BCUT2D eigenvalue weighted by atomic mass is 10.1. The van der Waals surface area contributed by atoms with Crippen LogP contribution >= 0.6 is 0 Å². The Morgan fingerprint density at radius 3 is 2.60 bits per heavy atom. The second-order valence-electron chi connectivity index (χ2n) is 5.60. The molecule has 5 nitrogen and oxygen atoms in total. The largest absolute Gasteiger partial charge is 0.484 e. The van der Waals surface area contributed by atoms with Crippen molar-refractivity contribution >= 4 is 11.6 Å². The minimum atomic E-state index is -0.225. The summed E-state index contributed by atoms with van der Waals surface area (Å²) >= 11 is 0. The van der Waals surface area contributed by atoms with Crippen LogP contribution in [0.15, 0.2) is 65.1 Å². The first-order valence-electron chi connectivity index (χ1n) is 7.94. The molecule has 2 N–H and O–H groups in total. The minimum absolute atomic E-state index is 0.0527. The number of nitrogens with one attached hydrogen (secondary N) is 1. The van der Waals surface area contributed by atoms with Gasteiger partial charge in [-0.25, -0.2) is 0 Å². The summed E-state index contributed by atoms with van der Waals surface area (Å²) in [5.41, 5.74) is 2.57. The average molecular weight is 337 g/mol. The van der Waals surface area contributed by atoms with Gasteiger partial charge in [-0.3, -0.25) is 4.79 Å². The number of benzene rings is 2. The molecule has 1 aromatic heterocycles. The number of hydrogen-bond acceptors (Lipinski definition) is 4.